The Bertz CT molecular complexity index is 684. The monoisotopic (exact) mass is 332 g/mol. The van der Waals surface area contributed by atoms with Crippen molar-refractivity contribution in [1.29, 1.82) is 0 Å². The van der Waals surface area contributed by atoms with Crippen molar-refractivity contribution >= 4 is 27.5 Å². The standard InChI is InChI=1S/C13H17ClN2O4S/c1-13(4-3-5-13)16-12(17)9-6-8(14)7-10(11(9)20-2)21(15,18)19/h6-7H,3-5H2,1-2H3,(H,16,17)(H2,15,18,19). The van der Waals surface area contributed by atoms with Crippen LogP contribution >= 0.6 is 11.6 Å². The topological polar surface area (TPSA) is 98.5 Å². The van der Waals surface area contributed by atoms with Crippen LogP contribution in [0.25, 0.3) is 0 Å². The van der Waals surface area contributed by atoms with Crippen LogP contribution in [0.15, 0.2) is 17.0 Å². The van der Waals surface area contributed by atoms with Crippen LogP contribution in [0, 0.1) is 0 Å². The third-order valence-electron chi connectivity index (χ3n) is 3.65. The van der Waals surface area contributed by atoms with Gasteiger partial charge < -0.3 is 10.1 Å². The van der Waals surface area contributed by atoms with Gasteiger partial charge in [0.15, 0.2) is 5.75 Å². The van der Waals surface area contributed by atoms with Gasteiger partial charge in [-0.05, 0) is 38.3 Å². The number of rotatable bonds is 4. The lowest BCUT2D eigenvalue weighted by Gasteiger charge is -2.39. The summed E-state index contributed by atoms with van der Waals surface area (Å²) in [7, 11) is -2.77. The van der Waals surface area contributed by atoms with E-state index < -0.39 is 15.9 Å². The summed E-state index contributed by atoms with van der Waals surface area (Å²) in [5.41, 5.74) is -0.214. The maximum atomic E-state index is 12.4. The van der Waals surface area contributed by atoms with Gasteiger partial charge in [0.05, 0.1) is 12.7 Å². The van der Waals surface area contributed by atoms with E-state index in [0.717, 1.165) is 25.3 Å². The summed E-state index contributed by atoms with van der Waals surface area (Å²) in [6.07, 6.45) is 2.80. The van der Waals surface area contributed by atoms with Crippen molar-refractivity contribution in [2.75, 3.05) is 7.11 Å². The highest BCUT2D eigenvalue weighted by molar-refractivity contribution is 7.89. The van der Waals surface area contributed by atoms with E-state index in [1.165, 1.54) is 13.2 Å². The Labute approximate surface area is 128 Å². The number of sulfonamides is 1. The number of primary sulfonamides is 1. The molecule has 8 heteroatoms. The van der Waals surface area contributed by atoms with Crippen molar-refractivity contribution in [1.82, 2.24) is 5.32 Å². The van der Waals surface area contributed by atoms with Gasteiger partial charge in [-0.3, -0.25) is 4.79 Å². The van der Waals surface area contributed by atoms with Crippen LogP contribution in [0.4, 0.5) is 0 Å². The van der Waals surface area contributed by atoms with Gasteiger partial charge in [0.2, 0.25) is 10.0 Å². The number of hydrogen-bond donors (Lipinski definition) is 2. The highest BCUT2D eigenvalue weighted by Crippen LogP contribution is 2.34. The molecular formula is C13H17ClN2O4S. The molecule has 1 aliphatic rings. The molecule has 0 heterocycles. The number of amides is 1. The largest absolute Gasteiger partial charge is 0.494 e. The van der Waals surface area contributed by atoms with E-state index in [2.05, 4.69) is 5.32 Å². The minimum Gasteiger partial charge on any atom is -0.494 e. The van der Waals surface area contributed by atoms with Gasteiger partial charge in [-0.25, -0.2) is 13.6 Å². The van der Waals surface area contributed by atoms with Crippen LogP contribution in [-0.2, 0) is 10.0 Å². The van der Waals surface area contributed by atoms with Crippen LogP contribution in [0.5, 0.6) is 5.75 Å². The Balaban J connectivity index is 2.47. The highest BCUT2D eigenvalue weighted by atomic mass is 35.5. The van der Waals surface area contributed by atoms with E-state index in [-0.39, 0.29) is 26.8 Å². The third-order valence-corrected chi connectivity index (χ3v) is 4.78. The molecule has 1 saturated carbocycles. The summed E-state index contributed by atoms with van der Waals surface area (Å²) >= 11 is 5.89. The predicted molar refractivity (Wildman–Crippen MR) is 79.1 cm³/mol. The number of benzene rings is 1. The number of hydrogen-bond acceptors (Lipinski definition) is 4. The summed E-state index contributed by atoms with van der Waals surface area (Å²) in [4.78, 5) is 12.1. The predicted octanol–water partition coefficient (Wildman–Crippen LogP) is 1.67. The molecule has 0 spiro atoms. The average Bonchev–Trinajstić information content (AvgIpc) is 2.34. The van der Waals surface area contributed by atoms with Crippen molar-refractivity contribution in [3.63, 3.8) is 0 Å². The first-order valence-electron chi connectivity index (χ1n) is 6.39. The zero-order valence-electron chi connectivity index (χ0n) is 11.8. The molecule has 0 atom stereocenters. The molecule has 3 N–H and O–H groups in total. The quantitative estimate of drug-likeness (QED) is 0.876. The Morgan fingerprint density at radius 1 is 1.43 bits per heavy atom. The Hall–Kier alpha value is -1.31. The molecule has 1 aromatic carbocycles. The fourth-order valence-electron chi connectivity index (χ4n) is 2.33. The minimum absolute atomic E-state index is 0.0575. The summed E-state index contributed by atoms with van der Waals surface area (Å²) in [6.45, 7) is 1.94. The van der Waals surface area contributed by atoms with Crippen molar-refractivity contribution in [2.45, 2.75) is 36.6 Å². The minimum atomic E-state index is -4.05. The second-order valence-corrected chi connectivity index (χ2v) is 7.36. The molecule has 6 nitrogen and oxygen atoms in total. The molecular weight excluding hydrogens is 316 g/mol. The smallest absolute Gasteiger partial charge is 0.255 e. The fraction of sp³-hybridized carbons (Fsp3) is 0.462. The van der Waals surface area contributed by atoms with Gasteiger partial charge in [-0.15, -0.1) is 0 Å². The number of carbonyl (C=O) groups excluding carboxylic acids is 1. The third kappa shape index (κ3) is 3.30. The SMILES string of the molecule is COc1c(C(=O)NC2(C)CCC2)cc(Cl)cc1S(N)(=O)=O. The molecule has 1 amide bonds. The molecule has 1 fully saturated rings. The molecule has 116 valence electrons. The lowest BCUT2D eigenvalue weighted by Crippen LogP contribution is -2.51. The van der Waals surface area contributed by atoms with Gasteiger partial charge in [-0.1, -0.05) is 11.6 Å². The molecule has 0 aromatic heterocycles. The maximum absolute atomic E-state index is 12.4. The van der Waals surface area contributed by atoms with Crippen molar-refractivity contribution in [3.05, 3.63) is 22.7 Å². The Kier molecular flexibility index (Phi) is 4.19. The van der Waals surface area contributed by atoms with Gasteiger partial charge in [0.1, 0.15) is 4.90 Å². The number of halogens is 1. The molecule has 1 aromatic rings. The molecule has 0 saturated heterocycles. The van der Waals surface area contributed by atoms with Gasteiger partial charge in [0.25, 0.3) is 5.91 Å². The molecule has 0 unspecified atom stereocenters. The van der Waals surface area contributed by atoms with Gasteiger partial charge in [-0.2, -0.15) is 0 Å². The van der Waals surface area contributed by atoms with E-state index in [1.807, 2.05) is 6.92 Å². The van der Waals surface area contributed by atoms with Crippen LogP contribution in [0.2, 0.25) is 5.02 Å². The molecule has 0 radical (unpaired) electrons. The highest BCUT2D eigenvalue weighted by Gasteiger charge is 2.34. The lowest BCUT2D eigenvalue weighted by molar-refractivity contribution is 0.0847. The molecule has 0 bridgehead atoms. The zero-order valence-corrected chi connectivity index (χ0v) is 13.3. The van der Waals surface area contributed by atoms with E-state index in [4.69, 9.17) is 21.5 Å². The number of nitrogens with one attached hydrogen (secondary N) is 1. The normalized spacial score (nSPS) is 17.0. The summed E-state index contributed by atoms with van der Waals surface area (Å²) in [5.74, 6) is -0.524. The maximum Gasteiger partial charge on any atom is 0.255 e. The summed E-state index contributed by atoms with van der Waals surface area (Å²) in [6, 6.07) is 2.53. The van der Waals surface area contributed by atoms with Crippen LogP contribution < -0.4 is 15.2 Å². The van der Waals surface area contributed by atoms with E-state index in [1.54, 1.807) is 0 Å². The molecule has 0 aliphatic heterocycles. The number of ether oxygens (including phenoxy) is 1. The lowest BCUT2D eigenvalue weighted by atomic mass is 9.78. The first-order valence-corrected chi connectivity index (χ1v) is 8.31. The second kappa shape index (κ2) is 5.47. The van der Waals surface area contributed by atoms with Crippen molar-refractivity contribution < 1.29 is 17.9 Å². The summed E-state index contributed by atoms with van der Waals surface area (Å²) in [5, 5.41) is 8.11. The fourth-order valence-corrected chi connectivity index (χ4v) is 3.36. The zero-order chi connectivity index (χ0) is 15.8. The number of nitrogens with two attached hydrogens (primary N) is 1. The van der Waals surface area contributed by atoms with Gasteiger partial charge in [0, 0.05) is 10.6 Å². The summed E-state index contributed by atoms with van der Waals surface area (Å²) < 4.78 is 28.3. The Morgan fingerprint density at radius 3 is 2.48 bits per heavy atom. The van der Waals surface area contributed by atoms with E-state index in [9.17, 15) is 13.2 Å². The first-order chi connectivity index (χ1) is 9.66. The Morgan fingerprint density at radius 2 is 2.05 bits per heavy atom. The number of methoxy groups -OCH3 is 1. The van der Waals surface area contributed by atoms with Crippen LogP contribution in [0.1, 0.15) is 36.5 Å². The molecule has 1 aliphatic carbocycles. The molecule has 21 heavy (non-hydrogen) atoms. The van der Waals surface area contributed by atoms with Crippen molar-refractivity contribution in [3.8, 4) is 5.75 Å². The van der Waals surface area contributed by atoms with E-state index >= 15 is 0 Å². The van der Waals surface area contributed by atoms with Crippen LogP contribution in [0.3, 0.4) is 0 Å². The van der Waals surface area contributed by atoms with Crippen LogP contribution in [-0.4, -0.2) is 27.0 Å². The van der Waals surface area contributed by atoms with E-state index in [0.29, 0.717) is 0 Å². The van der Waals surface area contributed by atoms with Gasteiger partial charge >= 0.3 is 0 Å². The number of carbonyl (C=O) groups is 1. The average molecular weight is 333 g/mol. The first kappa shape index (κ1) is 16.1. The second-order valence-electron chi connectivity index (χ2n) is 5.40. The van der Waals surface area contributed by atoms with Crippen molar-refractivity contribution in [2.24, 2.45) is 5.14 Å². The molecule has 2 rings (SSSR count).